The van der Waals surface area contributed by atoms with Crippen LogP contribution in [0.15, 0.2) is 36.7 Å². The minimum Gasteiger partial charge on any atom is -0.335 e. The van der Waals surface area contributed by atoms with Gasteiger partial charge in [-0.25, -0.2) is 4.98 Å². The van der Waals surface area contributed by atoms with Gasteiger partial charge in [0.25, 0.3) is 0 Å². The highest BCUT2D eigenvalue weighted by atomic mass is 16.1. The molecule has 2 aromatic rings. The van der Waals surface area contributed by atoms with E-state index in [0.717, 1.165) is 24.4 Å². The Hall–Kier alpha value is -1.90. The Bertz CT molecular complexity index is 557. The molecule has 1 heterocycles. The van der Waals surface area contributed by atoms with E-state index in [4.69, 9.17) is 0 Å². The Kier molecular flexibility index (Phi) is 4.50. The SMILES string of the molecule is CCCn1ccnc1CC(=O)Cc1ccccc1C. The van der Waals surface area contributed by atoms with Crippen molar-refractivity contribution >= 4 is 5.78 Å². The summed E-state index contributed by atoms with van der Waals surface area (Å²) in [6.07, 6.45) is 5.67. The average Bonchev–Trinajstić information content (AvgIpc) is 2.80. The summed E-state index contributed by atoms with van der Waals surface area (Å²) in [5.74, 6) is 1.10. The number of ketones is 1. The third-order valence-electron chi connectivity index (χ3n) is 3.27. The van der Waals surface area contributed by atoms with Gasteiger partial charge in [0.1, 0.15) is 11.6 Å². The first kappa shape index (κ1) is 13.5. The van der Waals surface area contributed by atoms with Crippen molar-refractivity contribution in [1.29, 1.82) is 0 Å². The molecule has 0 radical (unpaired) electrons. The summed E-state index contributed by atoms with van der Waals surface area (Å²) in [5, 5.41) is 0. The summed E-state index contributed by atoms with van der Waals surface area (Å²) in [6, 6.07) is 8.04. The molecule has 0 fully saturated rings. The smallest absolute Gasteiger partial charge is 0.144 e. The molecule has 100 valence electrons. The lowest BCUT2D eigenvalue weighted by atomic mass is 10.0. The van der Waals surface area contributed by atoms with Gasteiger partial charge in [-0.3, -0.25) is 4.79 Å². The van der Waals surface area contributed by atoms with Crippen LogP contribution in [-0.2, 0) is 24.2 Å². The molecular weight excluding hydrogens is 236 g/mol. The van der Waals surface area contributed by atoms with Gasteiger partial charge in [-0.05, 0) is 24.5 Å². The molecule has 0 spiro atoms. The number of carbonyl (C=O) groups excluding carboxylic acids is 1. The van der Waals surface area contributed by atoms with Crippen LogP contribution in [0.2, 0.25) is 0 Å². The van der Waals surface area contributed by atoms with E-state index >= 15 is 0 Å². The maximum Gasteiger partial charge on any atom is 0.144 e. The molecule has 0 bridgehead atoms. The highest BCUT2D eigenvalue weighted by molar-refractivity contribution is 5.82. The van der Waals surface area contributed by atoms with Gasteiger partial charge in [0.05, 0.1) is 6.42 Å². The Morgan fingerprint density at radius 2 is 2.05 bits per heavy atom. The molecule has 1 aromatic carbocycles. The third kappa shape index (κ3) is 3.53. The van der Waals surface area contributed by atoms with Gasteiger partial charge in [0.15, 0.2) is 0 Å². The van der Waals surface area contributed by atoms with Gasteiger partial charge in [-0.15, -0.1) is 0 Å². The largest absolute Gasteiger partial charge is 0.335 e. The normalized spacial score (nSPS) is 10.6. The first-order valence-electron chi connectivity index (χ1n) is 6.77. The number of carbonyl (C=O) groups is 1. The second kappa shape index (κ2) is 6.32. The summed E-state index contributed by atoms with van der Waals surface area (Å²) >= 11 is 0. The van der Waals surface area contributed by atoms with Crippen LogP contribution in [0, 0.1) is 6.92 Å². The molecule has 0 saturated heterocycles. The standard InChI is InChI=1S/C16H20N2O/c1-3-9-18-10-8-17-16(18)12-15(19)11-14-7-5-4-6-13(14)2/h4-8,10H,3,9,11-12H2,1-2H3. The van der Waals surface area contributed by atoms with Crippen LogP contribution in [0.5, 0.6) is 0 Å². The molecule has 3 heteroatoms. The Balaban J connectivity index is 2.02. The van der Waals surface area contributed by atoms with Crippen molar-refractivity contribution in [2.45, 2.75) is 39.7 Å². The van der Waals surface area contributed by atoms with Gasteiger partial charge >= 0.3 is 0 Å². The van der Waals surface area contributed by atoms with Crippen molar-refractivity contribution in [3.05, 3.63) is 53.6 Å². The van der Waals surface area contributed by atoms with Gasteiger partial charge < -0.3 is 4.57 Å². The van der Waals surface area contributed by atoms with Crippen molar-refractivity contribution in [2.24, 2.45) is 0 Å². The molecular formula is C16H20N2O. The number of Topliss-reactive ketones (excluding diaryl/α,β-unsaturated/α-hetero) is 1. The monoisotopic (exact) mass is 256 g/mol. The zero-order valence-electron chi connectivity index (χ0n) is 11.6. The van der Waals surface area contributed by atoms with Gasteiger partial charge in [-0.2, -0.15) is 0 Å². The van der Waals surface area contributed by atoms with Crippen LogP contribution in [-0.4, -0.2) is 15.3 Å². The number of nitrogens with zero attached hydrogens (tertiary/aromatic N) is 2. The number of imidazole rings is 1. The molecule has 0 N–H and O–H groups in total. The fraction of sp³-hybridized carbons (Fsp3) is 0.375. The van der Waals surface area contributed by atoms with Crippen LogP contribution in [0.25, 0.3) is 0 Å². The zero-order valence-corrected chi connectivity index (χ0v) is 11.6. The topological polar surface area (TPSA) is 34.9 Å². The van der Waals surface area contributed by atoms with E-state index in [9.17, 15) is 4.79 Å². The highest BCUT2D eigenvalue weighted by Gasteiger charge is 2.10. The fourth-order valence-electron chi connectivity index (χ4n) is 2.21. The number of aromatic nitrogens is 2. The third-order valence-corrected chi connectivity index (χ3v) is 3.27. The molecule has 0 aliphatic rings. The number of benzene rings is 1. The van der Waals surface area contributed by atoms with E-state index in [1.165, 1.54) is 5.56 Å². The van der Waals surface area contributed by atoms with Crippen molar-refractivity contribution in [1.82, 2.24) is 9.55 Å². The molecule has 3 nitrogen and oxygen atoms in total. The summed E-state index contributed by atoms with van der Waals surface area (Å²) in [4.78, 5) is 16.4. The van der Waals surface area contributed by atoms with E-state index in [2.05, 4.69) is 16.5 Å². The Morgan fingerprint density at radius 1 is 1.26 bits per heavy atom. The van der Waals surface area contributed by atoms with Gasteiger partial charge in [0.2, 0.25) is 0 Å². The van der Waals surface area contributed by atoms with Crippen LogP contribution < -0.4 is 0 Å². The maximum absolute atomic E-state index is 12.1. The number of hydrogen-bond acceptors (Lipinski definition) is 2. The zero-order chi connectivity index (χ0) is 13.7. The van der Waals surface area contributed by atoms with Crippen LogP contribution in [0.1, 0.15) is 30.3 Å². The minimum absolute atomic E-state index is 0.220. The second-order valence-electron chi connectivity index (χ2n) is 4.86. The molecule has 2 rings (SSSR count). The fourth-order valence-corrected chi connectivity index (χ4v) is 2.21. The number of rotatable bonds is 6. The van der Waals surface area contributed by atoms with E-state index in [0.29, 0.717) is 12.8 Å². The highest BCUT2D eigenvalue weighted by Crippen LogP contribution is 2.10. The minimum atomic E-state index is 0.220. The summed E-state index contributed by atoms with van der Waals surface area (Å²) < 4.78 is 2.07. The van der Waals surface area contributed by atoms with Crippen LogP contribution in [0.4, 0.5) is 0 Å². The molecule has 0 amide bonds. The predicted octanol–water partition coefficient (Wildman–Crippen LogP) is 2.96. The molecule has 0 aliphatic heterocycles. The summed E-state index contributed by atoms with van der Waals surface area (Å²) in [7, 11) is 0. The molecule has 0 saturated carbocycles. The average molecular weight is 256 g/mol. The van der Waals surface area contributed by atoms with Crippen LogP contribution in [0.3, 0.4) is 0 Å². The van der Waals surface area contributed by atoms with Crippen molar-refractivity contribution in [2.75, 3.05) is 0 Å². The number of aryl methyl sites for hydroxylation is 2. The first-order chi connectivity index (χ1) is 9.20. The Labute approximate surface area is 114 Å². The predicted molar refractivity (Wildman–Crippen MR) is 76.1 cm³/mol. The molecule has 0 aliphatic carbocycles. The Morgan fingerprint density at radius 3 is 2.79 bits per heavy atom. The van der Waals surface area contributed by atoms with Crippen molar-refractivity contribution in [3.63, 3.8) is 0 Å². The van der Waals surface area contributed by atoms with E-state index in [1.807, 2.05) is 37.4 Å². The van der Waals surface area contributed by atoms with Crippen molar-refractivity contribution < 1.29 is 4.79 Å². The quantitative estimate of drug-likeness (QED) is 0.796. The summed E-state index contributed by atoms with van der Waals surface area (Å²) in [5.41, 5.74) is 2.29. The van der Waals surface area contributed by atoms with Gasteiger partial charge in [-0.1, -0.05) is 31.2 Å². The van der Waals surface area contributed by atoms with Crippen LogP contribution >= 0.6 is 0 Å². The molecule has 0 atom stereocenters. The molecule has 19 heavy (non-hydrogen) atoms. The van der Waals surface area contributed by atoms with E-state index in [1.54, 1.807) is 6.20 Å². The summed E-state index contributed by atoms with van der Waals surface area (Å²) in [6.45, 7) is 5.09. The van der Waals surface area contributed by atoms with E-state index in [-0.39, 0.29) is 5.78 Å². The van der Waals surface area contributed by atoms with E-state index < -0.39 is 0 Å². The lowest BCUT2D eigenvalue weighted by molar-refractivity contribution is -0.117. The molecule has 0 unspecified atom stereocenters. The van der Waals surface area contributed by atoms with Gasteiger partial charge in [0, 0.05) is 25.4 Å². The lowest BCUT2D eigenvalue weighted by Gasteiger charge is -2.07. The lowest BCUT2D eigenvalue weighted by Crippen LogP contribution is -2.12. The number of hydrogen-bond donors (Lipinski definition) is 0. The second-order valence-corrected chi connectivity index (χ2v) is 4.86. The first-order valence-corrected chi connectivity index (χ1v) is 6.77. The van der Waals surface area contributed by atoms with Crippen molar-refractivity contribution in [3.8, 4) is 0 Å². The maximum atomic E-state index is 12.1. The molecule has 1 aromatic heterocycles.